The van der Waals surface area contributed by atoms with E-state index in [1.54, 1.807) is 7.11 Å². The van der Waals surface area contributed by atoms with Gasteiger partial charge in [0.25, 0.3) is 0 Å². The summed E-state index contributed by atoms with van der Waals surface area (Å²) < 4.78 is 5.27. The summed E-state index contributed by atoms with van der Waals surface area (Å²) in [5.74, 6) is 1.46. The number of hydrogen-bond acceptors (Lipinski definition) is 5. The highest BCUT2D eigenvalue weighted by atomic mass is 16.5. The van der Waals surface area contributed by atoms with Crippen molar-refractivity contribution in [3.63, 3.8) is 0 Å². The molecule has 0 aliphatic carbocycles. The van der Waals surface area contributed by atoms with Crippen LogP contribution in [-0.2, 0) is 0 Å². The Hall–Kier alpha value is -2.14. The third-order valence-corrected chi connectivity index (χ3v) is 3.11. The lowest BCUT2D eigenvalue weighted by Gasteiger charge is -2.25. The summed E-state index contributed by atoms with van der Waals surface area (Å²) in [6.07, 6.45) is 2.42. The first-order chi connectivity index (χ1) is 9.77. The molecule has 2 rings (SSSR count). The van der Waals surface area contributed by atoms with Crippen molar-refractivity contribution in [1.82, 2.24) is 9.97 Å². The molecule has 20 heavy (non-hydrogen) atoms. The number of methoxy groups -OCH3 is 1. The standard InChI is InChI=1S/C15H20N4O/c1-12-14(17-11-18-15(12)20-2)19(10-6-9-16)13-7-4-3-5-8-13/h3-5,7-8,11H,6,9-10,16H2,1-2H3. The topological polar surface area (TPSA) is 64.3 Å². The Bertz CT molecular complexity index is 545. The predicted octanol–water partition coefficient (Wildman–Crippen LogP) is 2.28. The molecule has 0 saturated carbocycles. The van der Waals surface area contributed by atoms with Gasteiger partial charge in [-0.3, -0.25) is 0 Å². The largest absolute Gasteiger partial charge is 0.481 e. The monoisotopic (exact) mass is 272 g/mol. The van der Waals surface area contributed by atoms with Crippen LogP contribution in [0.4, 0.5) is 11.5 Å². The van der Waals surface area contributed by atoms with Crippen LogP contribution < -0.4 is 15.4 Å². The van der Waals surface area contributed by atoms with E-state index in [-0.39, 0.29) is 0 Å². The number of para-hydroxylation sites is 1. The molecule has 0 aliphatic rings. The summed E-state index contributed by atoms with van der Waals surface area (Å²) in [5.41, 5.74) is 7.66. The highest BCUT2D eigenvalue weighted by Gasteiger charge is 2.15. The Kier molecular flexibility index (Phi) is 4.90. The average Bonchev–Trinajstić information content (AvgIpc) is 2.50. The van der Waals surface area contributed by atoms with E-state index in [1.165, 1.54) is 6.33 Å². The summed E-state index contributed by atoms with van der Waals surface area (Å²) in [6.45, 7) is 3.42. The average molecular weight is 272 g/mol. The van der Waals surface area contributed by atoms with Crippen molar-refractivity contribution >= 4 is 11.5 Å². The molecule has 2 aromatic rings. The SMILES string of the molecule is COc1ncnc(N(CCCN)c2ccccc2)c1C. The quantitative estimate of drug-likeness (QED) is 0.874. The molecule has 106 valence electrons. The minimum absolute atomic E-state index is 0.601. The summed E-state index contributed by atoms with van der Waals surface area (Å²) in [7, 11) is 1.62. The van der Waals surface area contributed by atoms with Gasteiger partial charge in [0.15, 0.2) is 0 Å². The summed E-state index contributed by atoms with van der Waals surface area (Å²) in [5, 5.41) is 0. The van der Waals surface area contributed by atoms with Crippen molar-refractivity contribution in [3.05, 3.63) is 42.2 Å². The molecule has 0 radical (unpaired) electrons. The molecule has 2 N–H and O–H groups in total. The maximum Gasteiger partial charge on any atom is 0.221 e. The highest BCUT2D eigenvalue weighted by Crippen LogP contribution is 2.29. The van der Waals surface area contributed by atoms with Crippen molar-refractivity contribution < 1.29 is 4.74 Å². The van der Waals surface area contributed by atoms with E-state index >= 15 is 0 Å². The van der Waals surface area contributed by atoms with Gasteiger partial charge in [0.1, 0.15) is 12.1 Å². The predicted molar refractivity (Wildman–Crippen MR) is 80.4 cm³/mol. The van der Waals surface area contributed by atoms with Gasteiger partial charge < -0.3 is 15.4 Å². The fourth-order valence-corrected chi connectivity index (χ4v) is 2.12. The molecule has 5 nitrogen and oxygen atoms in total. The number of hydrogen-bond donors (Lipinski definition) is 1. The van der Waals surface area contributed by atoms with Gasteiger partial charge in [-0.1, -0.05) is 18.2 Å². The van der Waals surface area contributed by atoms with E-state index in [2.05, 4.69) is 27.0 Å². The van der Waals surface area contributed by atoms with Crippen LogP contribution in [0.2, 0.25) is 0 Å². The van der Waals surface area contributed by atoms with E-state index in [0.29, 0.717) is 12.4 Å². The Morgan fingerprint density at radius 1 is 1.20 bits per heavy atom. The van der Waals surface area contributed by atoms with Crippen LogP contribution in [0.3, 0.4) is 0 Å². The van der Waals surface area contributed by atoms with Gasteiger partial charge in [-0.05, 0) is 32.0 Å². The Morgan fingerprint density at radius 3 is 2.60 bits per heavy atom. The van der Waals surface area contributed by atoms with Crippen molar-refractivity contribution in [2.75, 3.05) is 25.1 Å². The zero-order valence-electron chi connectivity index (χ0n) is 11.9. The number of benzene rings is 1. The molecule has 0 amide bonds. The second-order valence-electron chi connectivity index (χ2n) is 4.46. The number of ether oxygens (including phenoxy) is 1. The molecule has 5 heteroatoms. The van der Waals surface area contributed by atoms with E-state index < -0.39 is 0 Å². The molecule has 1 aromatic carbocycles. The normalized spacial score (nSPS) is 10.3. The molecule has 0 fully saturated rings. The summed E-state index contributed by atoms with van der Waals surface area (Å²) in [6, 6.07) is 10.1. The van der Waals surface area contributed by atoms with Gasteiger partial charge in [-0.25, -0.2) is 9.97 Å². The lowest BCUT2D eigenvalue weighted by Crippen LogP contribution is -2.23. The Labute approximate surface area is 119 Å². The summed E-state index contributed by atoms with van der Waals surface area (Å²) in [4.78, 5) is 10.7. The number of nitrogens with zero attached hydrogens (tertiary/aromatic N) is 3. The van der Waals surface area contributed by atoms with Gasteiger partial charge in [-0.15, -0.1) is 0 Å². The fraction of sp³-hybridized carbons (Fsp3) is 0.333. The smallest absolute Gasteiger partial charge is 0.221 e. The van der Waals surface area contributed by atoms with E-state index in [4.69, 9.17) is 10.5 Å². The minimum Gasteiger partial charge on any atom is -0.481 e. The van der Waals surface area contributed by atoms with Gasteiger partial charge in [0.2, 0.25) is 5.88 Å². The van der Waals surface area contributed by atoms with Gasteiger partial charge in [-0.2, -0.15) is 0 Å². The summed E-state index contributed by atoms with van der Waals surface area (Å²) >= 11 is 0. The second kappa shape index (κ2) is 6.86. The first kappa shape index (κ1) is 14.3. The van der Waals surface area contributed by atoms with Crippen LogP contribution in [0.1, 0.15) is 12.0 Å². The molecule has 0 saturated heterocycles. The first-order valence-electron chi connectivity index (χ1n) is 6.66. The molecule has 1 aromatic heterocycles. The Balaban J connectivity index is 2.41. The van der Waals surface area contributed by atoms with E-state index in [1.807, 2.05) is 25.1 Å². The Morgan fingerprint density at radius 2 is 1.95 bits per heavy atom. The minimum atomic E-state index is 0.601. The van der Waals surface area contributed by atoms with Crippen LogP contribution in [0, 0.1) is 6.92 Å². The van der Waals surface area contributed by atoms with Crippen LogP contribution in [0.15, 0.2) is 36.7 Å². The zero-order chi connectivity index (χ0) is 14.4. The maximum absolute atomic E-state index is 5.64. The lowest BCUT2D eigenvalue weighted by molar-refractivity contribution is 0.393. The molecule has 0 atom stereocenters. The molecule has 1 heterocycles. The third kappa shape index (κ3) is 3.05. The second-order valence-corrected chi connectivity index (χ2v) is 4.46. The highest BCUT2D eigenvalue weighted by molar-refractivity contribution is 5.63. The maximum atomic E-state index is 5.64. The number of nitrogens with two attached hydrogens (primary N) is 1. The lowest BCUT2D eigenvalue weighted by atomic mass is 10.2. The molecule has 0 spiro atoms. The molecular formula is C15H20N4O. The molecule has 0 bridgehead atoms. The fourth-order valence-electron chi connectivity index (χ4n) is 2.12. The number of rotatable bonds is 6. The van der Waals surface area contributed by atoms with Gasteiger partial charge >= 0.3 is 0 Å². The number of aromatic nitrogens is 2. The van der Waals surface area contributed by atoms with Gasteiger partial charge in [0.05, 0.1) is 12.7 Å². The van der Waals surface area contributed by atoms with E-state index in [9.17, 15) is 0 Å². The zero-order valence-corrected chi connectivity index (χ0v) is 11.9. The molecular weight excluding hydrogens is 252 g/mol. The number of anilines is 2. The first-order valence-corrected chi connectivity index (χ1v) is 6.66. The molecule has 0 aliphatic heterocycles. The van der Waals surface area contributed by atoms with Crippen LogP contribution in [0.25, 0.3) is 0 Å². The van der Waals surface area contributed by atoms with E-state index in [0.717, 1.165) is 30.0 Å². The van der Waals surface area contributed by atoms with Crippen LogP contribution in [-0.4, -0.2) is 30.2 Å². The van der Waals surface area contributed by atoms with Crippen LogP contribution >= 0.6 is 0 Å². The van der Waals surface area contributed by atoms with Crippen molar-refractivity contribution in [3.8, 4) is 5.88 Å². The third-order valence-electron chi connectivity index (χ3n) is 3.11. The van der Waals surface area contributed by atoms with Crippen molar-refractivity contribution in [1.29, 1.82) is 0 Å². The van der Waals surface area contributed by atoms with Crippen molar-refractivity contribution in [2.45, 2.75) is 13.3 Å². The van der Waals surface area contributed by atoms with Crippen LogP contribution in [0.5, 0.6) is 5.88 Å². The molecule has 0 unspecified atom stereocenters. The van der Waals surface area contributed by atoms with Gasteiger partial charge in [0, 0.05) is 12.2 Å². The van der Waals surface area contributed by atoms with Crippen molar-refractivity contribution in [2.24, 2.45) is 5.73 Å².